The molecule has 1 aromatic carbocycles. The minimum atomic E-state index is 0.571. The van der Waals surface area contributed by atoms with Crippen LogP contribution < -0.4 is 0 Å². The zero-order valence-corrected chi connectivity index (χ0v) is 16.6. The van der Waals surface area contributed by atoms with Gasteiger partial charge in [0.15, 0.2) is 5.82 Å². The molecule has 0 spiro atoms. The van der Waals surface area contributed by atoms with Crippen molar-refractivity contribution in [2.45, 2.75) is 0 Å². The molecule has 0 bridgehead atoms. The van der Waals surface area contributed by atoms with Gasteiger partial charge in [-0.3, -0.25) is 20.1 Å². The minimum absolute atomic E-state index is 0.571. The number of H-pyrrole nitrogens is 2. The minimum Gasteiger partial charge on any atom is -0.337 e. The lowest BCUT2D eigenvalue weighted by atomic mass is 9.96. The highest BCUT2D eigenvalue weighted by Crippen LogP contribution is 2.40. The number of rotatable bonds is 4. The Morgan fingerprint density at radius 3 is 2.34 bits per heavy atom. The van der Waals surface area contributed by atoms with Crippen LogP contribution in [0.1, 0.15) is 0 Å². The maximum Gasteiger partial charge on any atom is 0.159 e. The van der Waals surface area contributed by atoms with Crippen LogP contribution in [0.5, 0.6) is 0 Å². The zero-order chi connectivity index (χ0) is 21.3. The smallest absolute Gasteiger partial charge is 0.159 e. The molecule has 0 aliphatic rings. The van der Waals surface area contributed by atoms with Gasteiger partial charge in [-0.2, -0.15) is 5.10 Å². The molecule has 152 valence electrons. The molecule has 0 atom stereocenters. The van der Waals surface area contributed by atoms with E-state index in [-0.39, 0.29) is 0 Å². The van der Waals surface area contributed by atoms with Crippen molar-refractivity contribution in [3.8, 4) is 45.4 Å². The summed E-state index contributed by atoms with van der Waals surface area (Å²) in [6.45, 7) is 0. The van der Waals surface area contributed by atoms with Gasteiger partial charge in [0.25, 0.3) is 0 Å². The van der Waals surface area contributed by atoms with Crippen molar-refractivity contribution in [3.63, 3.8) is 0 Å². The summed E-state index contributed by atoms with van der Waals surface area (Å²) in [6.07, 6.45) is 8.35. The number of pyridine rings is 1. The fourth-order valence-electron chi connectivity index (χ4n) is 3.69. The average molecular weight is 417 g/mol. The molecule has 0 saturated carbocycles. The zero-order valence-electron chi connectivity index (χ0n) is 16.6. The molecule has 6 aromatic rings. The Morgan fingerprint density at radius 1 is 0.688 bits per heavy atom. The summed E-state index contributed by atoms with van der Waals surface area (Å²) >= 11 is 0. The first kappa shape index (κ1) is 18.0. The topological polar surface area (TPSA) is 122 Å². The summed E-state index contributed by atoms with van der Waals surface area (Å²) in [7, 11) is 0. The van der Waals surface area contributed by atoms with Gasteiger partial charge in [0, 0.05) is 35.9 Å². The molecule has 32 heavy (non-hydrogen) atoms. The predicted octanol–water partition coefficient (Wildman–Crippen LogP) is 3.93. The van der Waals surface area contributed by atoms with Crippen LogP contribution in [0.2, 0.25) is 0 Å². The lowest BCUT2D eigenvalue weighted by Crippen LogP contribution is -2.03. The molecule has 0 saturated heterocycles. The quantitative estimate of drug-likeness (QED) is 0.446. The van der Waals surface area contributed by atoms with Gasteiger partial charge < -0.3 is 4.98 Å². The predicted molar refractivity (Wildman–Crippen MR) is 119 cm³/mol. The van der Waals surface area contributed by atoms with Crippen LogP contribution in [0, 0.1) is 0 Å². The van der Waals surface area contributed by atoms with Crippen molar-refractivity contribution in [1.82, 2.24) is 45.3 Å². The molecule has 0 fully saturated rings. The van der Waals surface area contributed by atoms with Gasteiger partial charge >= 0.3 is 0 Å². The third kappa shape index (κ3) is 3.00. The fourth-order valence-corrected chi connectivity index (χ4v) is 3.69. The van der Waals surface area contributed by atoms with E-state index >= 15 is 0 Å². The van der Waals surface area contributed by atoms with Crippen LogP contribution in [0.3, 0.4) is 0 Å². The Morgan fingerprint density at radius 2 is 1.56 bits per heavy atom. The van der Waals surface area contributed by atoms with E-state index < -0.39 is 0 Å². The number of para-hydroxylation sites is 2. The van der Waals surface area contributed by atoms with Crippen molar-refractivity contribution < 1.29 is 0 Å². The number of hydrogen-bond acceptors (Lipinski definition) is 7. The van der Waals surface area contributed by atoms with E-state index in [4.69, 9.17) is 4.98 Å². The first-order valence-corrected chi connectivity index (χ1v) is 9.92. The molecular weight excluding hydrogens is 402 g/mol. The molecule has 0 unspecified atom stereocenters. The molecule has 2 N–H and O–H groups in total. The molecule has 0 aliphatic heterocycles. The summed E-state index contributed by atoms with van der Waals surface area (Å²) in [6, 6.07) is 15.5. The standard InChI is InChI=1S/C23H15N9/c1-2-6-15-14(5-1)28-23(29-15)22-20(17-8-10-27-30-17)19(16-7-3-4-9-25-16)21(31-32-22)18-13-24-11-12-26-18/h1-13H,(H,27,30)(H,28,29). The number of hydrogen-bond donors (Lipinski definition) is 2. The average Bonchev–Trinajstić information content (AvgIpc) is 3.54. The largest absolute Gasteiger partial charge is 0.337 e. The summed E-state index contributed by atoms with van der Waals surface area (Å²) < 4.78 is 0. The van der Waals surface area contributed by atoms with Gasteiger partial charge in [-0.1, -0.05) is 18.2 Å². The molecule has 5 heterocycles. The van der Waals surface area contributed by atoms with Crippen LogP contribution in [-0.4, -0.2) is 45.3 Å². The molecule has 5 aromatic heterocycles. The molecule has 0 amide bonds. The highest BCUT2D eigenvalue weighted by atomic mass is 15.2. The number of aromatic nitrogens is 9. The van der Waals surface area contributed by atoms with Crippen LogP contribution in [0.15, 0.2) is 79.5 Å². The molecule has 0 radical (unpaired) electrons. The lowest BCUT2D eigenvalue weighted by molar-refractivity contribution is 1.01. The Kier molecular flexibility index (Phi) is 4.21. The molecule has 6 rings (SSSR count). The normalized spacial score (nSPS) is 11.1. The summed E-state index contributed by atoms with van der Waals surface area (Å²) in [4.78, 5) is 21.4. The monoisotopic (exact) mass is 417 g/mol. The van der Waals surface area contributed by atoms with Gasteiger partial charge in [-0.25, -0.2) is 4.98 Å². The maximum absolute atomic E-state index is 4.75. The highest BCUT2D eigenvalue weighted by Gasteiger charge is 2.25. The van der Waals surface area contributed by atoms with Crippen LogP contribution in [0.25, 0.3) is 56.5 Å². The number of nitrogens with zero attached hydrogens (tertiary/aromatic N) is 7. The summed E-state index contributed by atoms with van der Waals surface area (Å²) in [5.41, 5.74) is 6.54. The number of fused-ring (bicyclic) bond motifs is 1. The summed E-state index contributed by atoms with van der Waals surface area (Å²) in [5.74, 6) is 0.603. The van der Waals surface area contributed by atoms with Gasteiger partial charge in [-0.15, -0.1) is 10.2 Å². The number of benzene rings is 1. The van der Waals surface area contributed by atoms with E-state index in [0.717, 1.165) is 33.5 Å². The Balaban J connectivity index is 1.71. The fraction of sp³-hybridized carbons (Fsp3) is 0. The van der Waals surface area contributed by atoms with Crippen LogP contribution >= 0.6 is 0 Å². The molecule has 9 heteroatoms. The third-order valence-electron chi connectivity index (χ3n) is 5.08. The Hall–Kier alpha value is -4.79. The Labute approximate surface area is 181 Å². The SMILES string of the molecule is c1ccc(-c2c(-c3cnccn3)nnc(-c3nc4ccccc4[nH]3)c2-c2ccn[nH]2)nc1. The van der Waals surface area contributed by atoms with E-state index in [9.17, 15) is 0 Å². The van der Waals surface area contributed by atoms with Gasteiger partial charge in [-0.05, 0) is 30.3 Å². The van der Waals surface area contributed by atoms with Crippen molar-refractivity contribution >= 4 is 11.0 Å². The number of aromatic amines is 2. The van der Waals surface area contributed by atoms with Crippen LogP contribution in [-0.2, 0) is 0 Å². The molecular formula is C23H15N9. The van der Waals surface area contributed by atoms with Gasteiger partial charge in [0.1, 0.15) is 17.1 Å². The van der Waals surface area contributed by atoms with Gasteiger partial charge in [0.05, 0.1) is 28.6 Å². The van der Waals surface area contributed by atoms with Crippen molar-refractivity contribution in [2.24, 2.45) is 0 Å². The second-order valence-electron chi connectivity index (χ2n) is 7.03. The number of imidazole rings is 1. The van der Waals surface area contributed by atoms with E-state index in [0.29, 0.717) is 22.9 Å². The second kappa shape index (κ2) is 7.47. The lowest BCUT2D eigenvalue weighted by Gasteiger charge is -2.14. The Bertz CT molecular complexity index is 1480. The van der Waals surface area contributed by atoms with E-state index in [1.54, 1.807) is 31.0 Å². The van der Waals surface area contributed by atoms with E-state index in [1.165, 1.54) is 0 Å². The van der Waals surface area contributed by atoms with Crippen molar-refractivity contribution in [2.75, 3.05) is 0 Å². The first-order chi connectivity index (χ1) is 15.9. The van der Waals surface area contributed by atoms with Crippen molar-refractivity contribution in [3.05, 3.63) is 79.5 Å². The second-order valence-corrected chi connectivity index (χ2v) is 7.03. The van der Waals surface area contributed by atoms with Crippen molar-refractivity contribution in [1.29, 1.82) is 0 Å². The first-order valence-electron chi connectivity index (χ1n) is 9.92. The van der Waals surface area contributed by atoms with E-state index in [2.05, 4.69) is 40.3 Å². The molecule has 9 nitrogen and oxygen atoms in total. The molecule has 0 aliphatic carbocycles. The van der Waals surface area contributed by atoms with E-state index in [1.807, 2.05) is 48.5 Å². The number of nitrogens with one attached hydrogen (secondary N) is 2. The third-order valence-corrected chi connectivity index (χ3v) is 5.08. The summed E-state index contributed by atoms with van der Waals surface area (Å²) in [5, 5.41) is 16.4. The van der Waals surface area contributed by atoms with Gasteiger partial charge in [0.2, 0.25) is 0 Å². The van der Waals surface area contributed by atoms with Crippen LogP contribution in [0.4, 0.5) is 0 Å². The highest BCUT2D eigenvalue weighted by molar-refractivity contribution is 5.96. The maximum atomic E-state index is 4.75.